The van der Waals surface area contributed by atoms with Crippen LogP contribution in [0.3, 0.4) is 0 Å². The largest absolute Gasteiger partial charge is 0.489 e. The monoisotopic (exact) mass is 1540 g/mol. The molecule has 110 heavy (non-hydrogen) atoms. The van der Waals surface area contributed by atoms with Crippen molar-refractivity contribution in [3.05, 3.63) is 285 Å². The maximum Gasteiger partial charge on any atom is 0.122 e. The quantitative estimate of drug-likeness (QED) is 0.134. The van der Waals surface area contributed by atoms with Crippen LogP contribution >= 0.6 is 58.8 Å². The van der Waals surface area contributed by atoms with Crippen LogP contribution in [0.5, 0.6) is 5.75 Å². The molecule has 0 N–H and O–H groups in total. The van der Waals surface area contributed by atoms with Crippen LogP contribution in [0.1, 0.15) is 159 Å². The van der Waals surface area contributed by atoms with Gasteiger partial charge in [0.05, 0.1) is 55.2 Å². The summed E-state index contributed by atoms with van der Waals surface area (Å²) in [7, 11) is 0. The molecule has 15 rings (SSSR count). The fraction of sp³-hybridized carbons (Fsp3) is 0.283. The van der Waals surface area contributed by atoms with Crippen molar-refractivity contribution in [2.75, 3.05) is 6.61 Å². The molecule has 0 radical (unpaired) electrons. The van der Waals surface area contributed by atoms with E-state index < -0.39 is 0 Å². The van der Waals surface area contributed by atoms with Crippen molar-refractivity contribution in [1.82, 2.24) is 0 Å². The highest BCUT2D eigenvalue weighted by Gasteiger charge is 2.24. The molecule has 0 aliphatic carbocycles. The van der Waals surface area contributed by atoms with Crippen molar-refractivity contribution < 1.29 is 4.74 Å². The zero-order valence-electron chi connectivity index (χ0n) is 69.1. The van der Waals surface area contributed by atoms with Crippen molar-refractivity contribution >= 4 is 120 Å². The fourth-order valence-electron chi connectivity index (χ4n) is 13.9. The Hall–Kier alpha value is -8.68. The zero-order chi connectivity index (χ0) is 79.8. The van der Waals surface area contributed by atoms with Gasteiger partial charge in [-0.2, -0.15) is 0 Å². The molecule has 0 atom stereocenters. The van der Waals surface area contributed by atoms with Gasteiger partial charge in [0.2, 0.25) is 0 Å². The molecule has 0 aromatic heterocycles. The average molecular weight is 1540 g/mol. The summed E-state index contributed by atoms with van der Waals surface area (Å²) in [5.41, 5.74) is 33.5. The number of aryl methyl sites for hydroxylation is 4. The maximum atomic E-state index is 6.05. The summed E-state index contributed by atoms with van der Waals surface area (Å²) < 4.78 is 6.05. The number of nitrogens with zero attached hydrogens (tertiary/aromatic N) is 5. The molecule has 0 unspecified atom stereocenters. The molecule has 564 valence electrons. The molecule has 6 nitrogen and oxygen atoms in total. The Balaban J connectivity index is 0.000000140. The first-order valence-corrected chi connectivity index (χ1v) is 42.1. The van der Waals surface area contributed by atoms with Gasteiger partial charge in [-0.3, -0.25) is 0 Å². The summed E-state index contributed by atoms with van der Waals surface area (Å²) in [4.78, 5) is 37.0. The van der Waals surface area contributed by atoms with E-state index in [9.17, 15) is 0 Å². The van der Waals surface area contributed by atoms with E-state index in [1.807, 2.05) is 47.0 Å². The van der Waals surface area contributed by atoms with Gasteiger partial charge in [0, 0.05) is 55.0 Å². The second kappa shape index (κ2) is 34.5. The average Bonchev–Trinajstić information content (AvgIpc) is 0.787. The Morgan fingerprint density at radius 1 is 0.291 bits per heavy atom. The zero-order valence-corrected chi connectivity index (χ0v) is 73.2. The summed E-state index contributed by atoms with van der Waals surface area (Å²) in [6.07, 6.45) is 11.3. The summed E-state index contributed by atoms with van der Waals surface area (Å²) in [5, 5.41) is 11.3. The van der Waals surface area contributed by atoms with Crippen molar-refractivity contribution in [2.45, 2.75) is 234 Å². The number of rotatable bonds is 9. The number of allylic oxidation sites excluding steroid dienone is 5. The molecule has 11 heteroatoms. The fourth-order valence-corrected chi connectivity index (χ4v) is 19.8. The predicted molar refractivity (Wildman–Crippen MR) is 476 cm³/mol. The van der Waals surface area contributed by atoms with Crippen LogP contribution in [0.25, 0.3) is 32.9 Å². The smallest absolute Gasteiger partial charge is 0.122 e. The van der Waals surface area contributed by atoms with Gasteiger partial charge < -0.3 is 4.74 Å². The molecular formula is C99H107N5OS5. The van der Waals surface area contributed by atoms with Crippen LogP contribution in [0.2, 0.25) is 0 Å². The lowest BCUT2D eigenvalue weighted by molar-refractivity contribution is 0.361. The molecular weight excluding hydrogens is 1440 g/mol. The van der Waals surface area contributed by atoms with Gasteiger partial charge in [-0.15, -0.1) is 0 Å². The van der Waals surface area contributed by atoms with Gasteiger partial charge >= 0.3 is 0 Å². The lowest BCUT2D eigenvalue weighted by atomic mass is 10.0. The van der Waals surface area contributed by atoms with Crippen LogP contribution in [0.15, 0.2) is 200 Å². The molecule has 0 fully saturated rings. The minimum absolute atomic E-state index is 0.583. The Morgan fingerprint density at radius 3 is 0.900 bits per heavy atom. The Morgan fingerprint density at radius 2 is 0.564 bits per heavy atom. The van der Waals surface area contributed by atoms with Gasteiger partial charge in [0.15, 0.2) is 0 Å². The predicted octanol–water partition coefficient (Wildman–Crippen LogP) is 23.2. The second-order valence-corrected chi connectivity index (χ2v) is 35.8. The first-order valence-electron chi connectivity index (χ1n) is 38.0. The standard InChI is InChI=1S/C31H39NOS.4C17H17NS/c1-20(2)11-9-12-21(3)13-10-14-22(4)17-18-33-27-15-16-29-28(19-27)32-30-25(7)23(5)24(6)26(8)31(30)34-29;2*1-9-6-7-15-14(8-9)18-16-12(4)10(2)11(3)13(5)17(16)19-15;2*1-9-6-7-14-15(8-9)19-17-13(5)11(3)10(2)12(4)16(17)18-14/h11,13,15-17,19H,6,9-10,12,14,18H2,1-5,7-8H3;4*6-8H,3H2,1-2,4-5H3/b21-13+,22-17+;;;;. The van der Waals surface area contributed by atoms with Crippen molar-refractivity contribution in [3.8, 4) is 5.75 Å². The van der Waals surface area contributed by atoms with E-state index in [0.29, 0.717) is 6.61 Å². The van der Waals surface area contributed by atoms with E-state index in [1.165, 1.54) is 171 Å². The molecule has 5 aliphatic heterocycles. The number of fused-ring (bicyclic) bond motifs is 10. The summed E-state index contributed by atoms with van der Waals surface area (Å²) in [6.45, 7) is 71.0. The van der Waals surface area contributed by atoms with E-state index in [4.69, 9.17) is 29.7 Å². The van der Waals surface area contributed by atoms with E-state index in [1.54, 1.807) is 11.8 Å². The van der Waals surface area contributed by atoms with Crippen molar-refractivity contribution in [1.29, 1.82) is 0 Å². The number of hydrogen-bond donors (Lipinski definition) is 0. The first-order chi connectivity index (χ1) is 52.1. The molecule has 0 saturated heterocycles. The van der Waals surface area contributed by atoms with E-state index >= 15 is 0 Å². The number of benzene rings is 10. The van der Waals surface area contributed by atoms with Crippen LogP contribution in [-0.2, 0) is 0 Å². The Bertz CT molecular complexity index is 5940. The summed E-state index contributed by atoms with van der Waals surface area (Å²) in [6, 6.07) is 32.1. The van der Waals surface area contributed by atoms with Gasteiger partial charge in [0.1, 0.15) is 12.4 Å². The van der Waals surface area contributed by atoms with Crippen LogP contribution in [0.4, 0.5) is 28.4 Å². The van der Waals surface area contributed by atoms with E-state index in [-0.39, 0.29) is 0 Å². The minimum atomic E-state index is 0.583. The SMILES string of the molecule is C=c1c(C)c(C)c2c(c1C)Sc1cc(C)ccc1N=2.C=c1c(C)c(C)c2c(c1C)Sc1cc(C)ccc1N=2.C=c1c(C)c(C)c2c(c1C)Sc1ccc(C)cc1N=2.C=c1c(C)c(C)c2c(c1C)Sc1ccc(C)cc1N=2.C=c1c(C)c(C)c2c(c1C)Sc1ccc(OC/C=C(\C)CC/C=C(\C)CCC=C(C)C)cc1N=2. The third-order valence-electron chi connectivity index (χ3n) is 22.3. The molecule has 5 heterocycles. The summed E-state index contributed by atoms with van der Waals surface area (Å²) in [5.74, 6) is 0.866. The van der Waals surface area contributed by atoms with E-state index in [0.717, 1.165) is 113 Å². The molecule has 0 bridgehead atoms. The molecule has 10 aromatic carbocycles. The Labute approximate surface area is 675 Å². The second-order valence-electron chi connectivity index (χ2n) is 30.5. The van der Waals surface area contributed by atoms with Crippen molar-refractivity contribution in [2.24, 2.45) is 25.0 Å². The lowest BCUT2D eigenvalue weighted by Gasteiger charge is -2.18. The topological polar surface area (TPSA) is 71.0 Å². The first kappa shape index (κ1) is 82.3. The van der Waals surface area contributed by atoms with Gasteiger partial charge in [-0.1, -0.05) is 145 Å². The normalized spacial score (nSPS) is 12.8. The maximum absolute atomic E-state index is 6.05. The molecule has 0 saturated carbocycles. The number of ether oxygens (including phenoxy) is 1. The van der Waals surface area contributed by atoms with Gasteiger partial charge in [-0.25, -0.2) is 25.0 Å². The molecule has 5 aliphatic rings. The molecule has 0 amide bonds. The third-order valence-corrected chi connectivity index (χ3v) is 28.6. The Kier molecular flexibility index (Phi) is 25.8. The minimum Gasteiger partial charge on any atom is -0.489 e. The highest BCUT2D eigenvalue weighted by atomic mass is 32.2. The van der Waals surface area contributed by atoms with Crippen LogP contribution in [0, 0.1) is 132 Å². The van der Waals surface area contributed by atoms with E-state index in [2.05, 4.69) is 301 Å². The van der Waals surface area contributed by atoms with Gasteiger partial charge in [-0.05, 0) is 383 Å². The highest BCUT2D eigenvalue weighted by molar-refractivity contribution is 8.00. The van der Waals surface area contributed by atoms with Crippen molar-refractivity contribution in [3.63, 3.8) is 0 Å². The molecule has 0 spiro atoms. The third kappa shape index (κ3) is 17.5. The molecule has 10 aromatic rings. The summed E-state index contributed by atoms with van der Waals surface area (Å²) >= 11 is 9.09. The number of hydrogen-bond acceptors (Lipinski definition) is 11. The lowest BCUT2D eigenvalue weighted by Crippen LogP contribution is -2.24. The van der Waals surface area contributed by atoms with Crippen LogP contribution in [-0.4, -0.2) is 6.61 Å². The highest BCUT2D eigenvalue weighted by Crippen LogP contribution is 2.44. The van der Waals surface area contributed by atoms with Gasteiger partial charge in [0.25, 0.3) is 0 Å². The van der Waals surface area contributed by atoms with Crippen LogP contribution < -0.4 is 57.6 Å².